The topological polar surface area (TPSA) is 96.9 Å². The summed E-state index contributed by atoms with van der Waals surface area (Å²) < 4.78 is 10.1. The predicted molar refractivity (Wildman–Crippen MR) is 54.1 cm³/mol. The summed E-state index contributed by atoms with van der Waals surface area (Å²) in [4.78, 5) is 0. The number of hydrogen-bond donors (Lipinski definition) is 2. The second-order valence-corrected chi connectivity index (χ2v) is 2.93. The number of nitrogens with zero attached hydrogens (tertiary/aromatic N) is 2. The molecule has 0 aliphatic carbocycles. The number of ether oxygens (including phenoxy) is 2. The van der Waals surface area contributed by atoms with Crippen LogP contribution in [0.3, 0.4) is 0 Å². The lowest BCUT2D eigenvalue weighted by molar-refractivity contribution is 0.0719. The Morgan fingerprint density at radius 1 is 1.47 bits per heavy atom. The molecule has 3 N–H and O–H groups in total. The average Bonchev–Trinajstić information content (AvgIpc) is 2.59. The summed E-state index contributed by atoms with van der Waals surface area (Å²) in [6.07, 6.45) is 0.594. The zero-order valence-corrected chi connectivity index (χ0v) is 8.62. The van der Waals surface area contributed by atoms with E-state index in [-0.39, 0.29) is 5.82 Å². The number of nitrogens with one attached hydrogen (secondary N) is 1. The Kier molecular flexibility index (Phi) is 4.60. The second kappa shape index (κ2) is 6.01. The van der Waals surface area contributed by atoms with E-state index in [2.05, 4.69) is 10.2 Å². The highest BCUT2D eigenvalue weighted by Crippen LogP contribution is 2.11. The summed E-state index contributed by atoms with van der Waals surface area (Å²) in [7, 11) is 1.62. The monoisotopic (exact) mass is 210 g/mol. The van der Waals surface area contributed by atoms with Gasteiger partial charge in [-0.25, -0.2) is 0 Å². The van der Waals surface area contributed by atoms with E-state index in [0.717, 1.165) is 0 Å². The first kappa shape index (κ1) is 11.5. The van der Waals surface area contributed by atoms with Crippen molar-refractivity contribution in [3.63, 3.8) is 0 Å². The zero-order chi connectivity index (χ0) is 11.1. The molecule has 15 heavy (non-hydrogen) atoms. The maximum absolute atomic E-state index is 8.78. The highest BCUT2D eigenvalue weighted by atomic mass is 16.5. The number of rotatable bonds is 6. The Labute approximate surface area is 88.0 Å². The number of nitrogens with two attached hydrogens (primary N) is 1. The van der Waals surface area contributed by atoms with Crippen LogP contribution in [0.15, 0.2) is 0 Å². The second-order valence-electron chi connectivity index (χ2n) is 2.93. The molecule has 0 aromatic carbocycles. The molecule has 1 heterocycles. The lowest BCUT2D eigenvalue weighted by atomic mass is 10.2. The number of nitrogen functional groups attached to an aromatic ring is 1. The number of aromatic nitrogens is 2. The molecule has 6 heteroatoms. The fourth-order valence-corrected chi connectivity index (χ4v) is 1.12. The third-order valence-electron chi connectivity index (χ3n) is 1.91. The summed E-state index contributed by atoms with van der Waals surface area (Å²) in [5.41, 5.74) is 6.60. The van der Waals surface area contributed by atoms with Gasteiger partial charge >= 0.3 is 0 Å². The van der Waals surface area contributed by atoms with Crippen molar-refractivity contribution in [3.8, 4) is 6.07 Å². The molecule has 82 valence electrons. The number of H-pyrrole nitrogens is 1. The van der Waals surface area contributed by atoms with Gasteiger partial charge in [-0.3, -0.25) is 5.10 Å². The van der Waals surface area contributed by atoms with Crippen molar-refractivity contribution in [3.05, 3.63) is 11.3 Å². The van der Waals surface area contributed by atoms with E-state index < -0.39 is 0 Å². The number of methoxy groups -OCH3 is 1. The summed E-state index contributed by atoms with van der Waals surface area (Å²) in [5, 5.41) is 15.2. The largest absolute Gasteiger partial charge is 0.382 e. The fraction of sp³-hybridized carbons (Fsp3) is 0.556. The molecular formula is C9H14N4O2. The third kappa shape index (κ3) is 3.23. The van der Waals surface area contributed by atoms with Gasteiger partial charge in [-0.1, -0.05) is 0 Å². The van der Waals surface area contributed by atoms with Crippen LogP contribution in [0.1, 0.15) is 11.3 Å². The molecule has 0 amide bonds. The number of anilines is 1. The van der Waals surface area contributed by atoms with Crippen LogP contribution in [0.25, 0.3) is 0 Å². The van der Waals surface area contributed by atoms with E-state index in [1.165, 1.54) is 0 Å². The van der Waals surface area contributed by atoms with Gasteiger partial charge in [0, 0.05) is 13.5 Å². The Hall–Kier alpha value is -1.58. The van der Waals surface area contributed by atoms with Crippen LogP contribution in [0.2, 0.25) is 0 Å². The summed E-state index contributed by atoms with van der Waals surface area (Å²) >= 11 is 0. The Morgan fingerprint density at radius 2 is 2.27 bits per heavy atom. The van der Waals surface area contributed by atoms with Crippen molar-refractivity contribution in [1.82, 2.24) is 10.2 Å². The van der Waals surface area contributed by atoms with Crippen molar-refractivity contribution in [2.75, 3.05) is 32.7 Å². The van der Waals surface area contributed by atoms with E-state index >= 15 is 0 Å². The first-order valence-corrected chi connectivity index (χ1v) is 4.59. The molecule has 0 radical (unpaired) electrons. The summed E-state index contributed by atoms with van der Waals surface area (Å²) in [5.74, 6) is 0.240. The molecule has 1 aromatic heterocycles. The van der Waals surface area contributed by atoms with Gasteiger partial charge in [-0.05, 0) is 0 Å². The molecular weight excluding hydrogens is 196 g/mol. The van der Waals surface area contributed by atoms with Gasteiger partial charge < -0.3 is 15.2 Å². The average molecular weight is 210 g/mol. The Balaban J connectivity index is 2.35. The van der Waals surface area contributed by atoms with Gasteiger partial charge in [0.1, 0.15) is 11.6 Å². The molecule has 1 aromatic rings. The maximum atomic E-state index is 8.78. The zero-order valence-electron chi connectivity index (χ0n) is 8.62. The lowest BCUT2D eigenvalue weighted by Crippen LogP contribution is -2.05. The number of hydrogen-bond acceptors (Lipinski definition) is 5. The van der Waals surface area contributed by atoms with Crippen LogP contribution in [-0.4, -0.2) is 37.1 Å². The van der Waals surface area contributed by atoms with E-state index in [9.17, 15) is 0 Å². The minimum atomic E-state index is 0.240. The van der Waals surface area contributed by atoms with Crippen LogP contribution < -0.4 is 5.73 Å². The molecule has 0 saturated heterocycles. The number of aromatic amines is 1. The summed E-state index contributed by atoms with van der Waals surface area (Å²) in [6, 6.07) is 2.00. The normalized spacial score (nSPS) is 10.1. The molecule has 0 unspecified atom stereocenters. The quantitative estimate of drug-likeness (QED) is 0.647. The fourth-order valence-electron chi connectivity index (χ4n) is 1.12. The van der Waals surface area contributed by atoms with Crippen LogP contribution in [0, 0.1) is 11.3 Å². The minimum absolute atomic E-state index is 0.240. The number of nitriles is 1. The molecule has 1 rings (SSSR count). The SMILES string of the molecule is COCCOCCc1[nH]nc(N)c1C#N. The molecule has 0 atom stereocenters. The minimum Gasteiger partial charge on any atom is -0.382 e. The van der Waals surface area contributed by atoms with Gasteiger partial charge in [0.2, 0.25) is 0 Å². The first-order valence-electron chi connectivity index (χ1n) is 4.59. The summed E-state index contributed by atoms with van der Waals surface area (Å²) in [6.45, 7) is 1.62. The molecule has 0 spiro atoms. The van der Waals surface area contributed by atoms with Gasteiger partial charge in [0.05, 0.1) is 25.5 Å². The van der Waals surface area contributed by atoms with Crippen LogP contribution in [0.4, 0.5) is 5.82 Å². The Morgan fingerprint density at radius 3 is 2.93 bits per heavy atom. The van der Waals surface area contributed by atoms with Crippen LogP contribution >= 0.6 is 0 Å². The van der Waals surface area contributed by atoms with Gasteiger partial charge in [0.15, 0.2) is 5.82 Å². The van der Waals surface area contributed by atoms with Crippen LogP contribution in [-0.2, 0) is 15.9 Å². The highest BCUT2D eigenvalue weighted by molar-refractivity contribution is 5.50. The molecule has 6 nitrogen and oxygen atoms in total. The van der Waals surface area contributed by atoms with Crippen molar-refractivity contribution in [2.24, 2.45) is 0 Å². The molecule has 0 fully saturated rings. The van der Waals surface area contributed by atoms with E-state index in [1.807, 2.05) is 6.07 Å². The first-order chi connectivity index (χ1) is 7.29. The smallest absolute Gasteiger partial charge is 0.163 e. The van der Waals surface area contributed by atoms with Crippen LogP contribution in [0.5, 0.6) is 0 Å². The van der Waals surface area contributed by atoms with E-state index in [0.29, 0.717) is 37.5 Å². The Bertz CT molecular complexity index is 342. The van der Waals surface area contributed by atoms with Gasteiger partial charge in [-0.2, -0.15) is 10.4 Å². The van der Waals surface area contributed by atoms with Gasteiger partial charge in [0.25, 0.3) is 0 Å². The molecule has 0 aliphatic rings. The molecule has 0 bridgehead atoms. The van der Waals surface area contributed by atoms with Gasteiger partial charge in [-0.15, -0.1) is 0 Å². The third-order valence-corrected chi connectivity index (χ3v) is 1.91. The van der Waals surface area contributed by atoms with Crippen molar-refractivity contribution < 1.29 is 9.47 Å². The molecule has 0 aliphatic heterocycles. The van der Waals surface area contributed by atoms with Crippen molar-refractivity contribution >= 4 is 5.82 Å². The molecule has 0 saturated carbocycles. The van der Waals surface area contributed by atoms with Crippen molar-refractivity contribution in [2.45, 2.75) is 6.42 Å². The predicted octanol–water partition coefficient (Wildman–Crippen LogP) is 0.0691. The highest BCUT2D eigenvalue weighted by Gasteiger charge is 2.09. The van der Waals surface area contributed by atoms with E-state index in [1.54, 1.807) is 7.11 Å². The van der Waals surface area contributed by atoms with E-state index in [4.69, 9.17) is 20.5 Å². The standard InChI is InChI=1S/C9H14N4O2/c1-14-4-5-15-3-2-8-7(6-10)9(11)13-12-8/h2-5H2,1H3,(H3,11,12,13). The lowest BCUT2D eigenvalue weighted by Gasteiger charge is -2.01. The van der Waals surface area contributed by atoms with Crippen molar-refractivity contribution in [1.29, 1.82) is 5.26 Å². The maximum Gasteiger partial charge on any atom is 0.163 e.